The monoisotopic (exact) mass is 689 g/mol. The van der Waals surface area contributed by atoms with Gasteiger partial charge in [0.1, 0.15) is 11.2 Å². The molecule has 0 saturated carbocycles. The van der Waals surface area contributed by atoms with E-state index in [9.17, 15) is 0 Å². The van der Waals surface area contributed by atoms with Gasteiger partial charge in [0.05, 0.1) is 0 Å². The van der Waals surface area contributed by atoms with Crippen molar-refractivity contribution >= 4 is 49.8 Å². The standard InChI is InChI=1S/C52H35NO/c1-4-13-36(14-5-1)38-23-28-43(29-24-38)53(45-20-12-19-41(33-45)37-15-6-2-7-16-37)44-30-25-39(26-31-44)42-27-32-48-50(34-42)54-51-35-49(40-17-8-3-9-18-40)46-21-10-11-22-47(46)52(48)51/h1-35H. The highest BCUT2D eigenvalue weighted by Crippen LogP contribution is 2.42. The molecule has 54 heavy (non-hydrogen) atoms. The van der Waals surface area contributed by atoms with E-state index >= 15 is 0 Å². The summed E-state index contributed by atoms with van der Waals surface area (Å²) in [5, 5.41) is 4.73. The largest absolute Gasteiger partial charge is 0.456 e. The van der Waals surface area contributed by atoms with Crippen LogP contribution in [-0.2, 0) is 0 Å². The smallest absolute Gasteiger partial charge is 0.136 e. The first-order chi connectivity index (χ1) is 26.8. The van der Waals surface area contributed by atoms with Gasteiger partial charge in [-0.3, -0.25) is 0 Å². The molecular formula is C52H35NO. The minimum atomic E-state index is 0.889. The quantitative estimate of drug-likeness (QED) is 0.166. The van der Waals surface area contributed by atoms with Crippen LogP contribution >= 0.6 is 0 Å². The lowest BCUT2D eigenvalue weighted by Gasteiger charge is -2.26. The highest BCUT2D eigenvalue weighted by atomic mass is 16.3. The Kier molecular flexibility index (Phi) is 7.85. The molecule has 0 spiro atoms. The van der Waals surface area contributed by atoms with Crippen LogP contribution in [-0.4, -0.2) is 0 Å². The Morgan fingerprint density at radius 1 is 0.278 bits per heavy atom. The first kappa shape index (κ1) is 31.6. The summed E-state index contributed by atoms with van der Waals surface area (Å²) in [6, 6.07) is 75.7. The first-order valence-corrected chi connectivity index (χ1v) is 18.4. The third kappa shape index (κ3) is 5.71. The van der Waals surface area contributed by atoms with Crippen LogP contribution in [0, 0.1) is 0 Å². The summed E-state index contributed by atoms with van der Waals surface area (Å²) in [6.45, 7) is 0. The predicted octanol–water partition coefficient (Wildman–Crippen LogP) is 14.9. The van der Waals surface area contributed by atoms with Gasteiger partial charge in [0.25, 0.3) is 0 Å². The highest BCUT2D eigenvalue weighted by Gasteiger charge is 2.17. The van der Waals surface area contributed by atoms with Gasteiger partial charge in [0.2, 0.25) is 0 Å². The Bertz CT molecular complexity index is 2890. The Balaban J connectivity index is 1.04. The van der Waals surface area contributed by atoms with E-state index in [0.717, 1.165) is 50.1 Å². The number of nitrogens with zero attached hydrogens (tertiary/aromatic N) is 1. The second-order valence-corrected chi connectivity index (χ2v) is 13.7. The van der Waals surface area contributed by atoms with Crippen LogP contribution in [0.1, 0.15) is 0 Å². The summed E-state index contributed by atoms with van der Waals surface area (Å²) in [6.07, 6.45) is 0. The van der Waals surface area contributed by atoms with Crippen LogP contribution in [0.5, 0.6) is 0 Å². The zero-order valence-electron chi connectivity index (χ0n) is 29.6. The molecule has 0 N–H and O–H groups in total. The maximum absolute atomic E-state index is 6.64. The second-order valence-electron chi connectivity index (χ2n) is 13.7. The summed E-state index contributed by atoms with van der Waals surface area (Å²) in [4.78, 5) is 2.34. The molecule has 2 nitrogen and oxygen atoms in total. The van der Waals surface area contributed by atoms with Crippen molar-refractivity contribution in [3.63, 3.8) is 0 Å². The summed E-state index contributed by atoms with van der Waals surface area (Å²) in [5.41, 5.74) is 14.5. The fraction of sp³-hybridized carbons (Fsp3) is 0. The van der Waals surface area contributed by atoms with Gasteiger partial charge in [-0.15, -0.1) is 0 Å². The summed E-state index contributed by atoms with van der Waals surface area (Å²) in [5.74, 6) is 0. The number of hydrogen-bond donors (Lipinski definition) is 0. The number of benzene rings is 9. The minimum Gasteiger partial charge on any atom is -0.456 e. The molecule has 0 amide bonds. The third-order valence-electron chi connectivity index (χ3n) is 10.5. The molecule has 0 fully saturated rings. The molecule has 0 radical (unpaired) electrons. The Morgan fingerprint density at radius 2 is 0.759 bits per heavy atom. The average molecular weight is 690 g/mol. The molecule has 0 aliphatic carbocycles. The zero-order chi connectivity index (χ0) is 35.8. The number of fused-ring (bicyclic) bond motifs is 5. The molecular weight excluding hydrogens is 655 g/mol. The van der Waals surface area contributed by atoms with Gasteiger partial charge in [-0.2, -0.15) is 0 Å². The van der Waals surface area contributed by atoms with Crippen LogP contribution in [0.25, 0.3) is 77.2 Å². The lowest BCUT2D eigenvalue weighted by Crippen LogP contribution is -2.10. The molecule has 0 atom stereocenters. The molecule has 1 aromatic heterocycles. The Hall–Kier alpha value is -7.16. The first-order valence-electron chi connectivity index (χ1n) is 18.4. The van der Waals surface area contributed by atoms with Gasteiger partial charge in [-0.25, -0.2) is 0 Å². The maximum atomic E-state index is 6.64. The lowest BCUT2D eigenvalue weighted by atomic mass is 9.94. The summed E-state index contributed by atoms with van der Waals surface area (Å²) in [7, 11) is 0. The number of furan rings is 1. The van der Waals surface area contributed by atoms with Gasteiger partial charge in [0.15, 0.2) is 0 Å². The minimum absolute atomic E-state index is 0.889. The van der Waals surface area contributed by atoms with Crippen LogP contribution < -0.4 is 4.90 Å². The topological polar surface area (TPSA) is 16.4 Å². The molecule has 9 aromatic carbocycles. The summed E-state index contributed by atoms with van der Waals surface area (Å²) < 4.78 is 6.64. The van der Waals surface area contributed by atoms with E-state index in [1.807, 2.05) is 0 Å². The maximum Gasteiger partial charge on any atom is 0.136 e. The molecule has 0 unspecified atom stereocenters. The van der Waals surface area contributed by atoms with Crippen LogP contribution in [0.2, 0.25) is 0 Å². The second kappa shape index (κ2) is 13.4. The van der Waals surface area contributed by atoms with E-state index in [4.69, 9.17) is 4.42 Å². The van der Waals surface area contributed by atoms with Crippen molar-refractivity contribution in [1.29, 1.82) is 0 Å². The van der Waals surface area contributed by atoms with Gasteiger partial charge >= 0.3 is 0 Å². The van der Waals surface area contributed by atoms with Gasteiger partial charge < -0.3 is 9.32 Å². The molecule has 254 valence electrons. The number of hydrogen-bond acceptors (Lipinski definition) is 2. The van der Waals surface area contributed by atoms with E-state index in [1.54, 1.807) is 0 Å². The molecule has 2 heteroatoms. The van der Waals surface area contributed by atoms with Crippen molar-refractivity contribution in [3.8, 4) is 44.5 Å². The molecule has 10 aromatic rings. The highest BCUT2D eigenvalue weighted by molar-refractivity contribution is 6.22. The molecule has 0 bridgehead atoms. The van der Waals surface area contributed by atoms with Crippen molar-refractivity contribution < 1.29 is 4.42 Å². The van der Waals surface area contributed by atoms with Crippen LogP contribution in [0.3, 0.4) is 0 Å². The molecule has 10 rings (SSSR count). The lowest BCUT2D eigenvalue weighted by molar-refractivity contribution is 0.669. The van der Waals surface area contributed by atoms with E-state index in [2.05, 4.69) is 217 Å². The van der Waals surface area contributed by atoms with Gasteiger partial charge in [-0.05, 0) is 110 Å². The van der Waals surface area contributed by atoms with Crippen LogP contribution in [0.15, 0.2) is 217 Å². The normalized spacial score (nSPS) is 11.3. The zero-order valence-corrected chi connectivity index (χ0v) is 29.6. The van der Waals surface area contributed by atoms with Gasteiger partial charge in [-0.1, -0.05) is 158 Å². The van der Waals surface area contributed by atoms with E-state index in [-0.39, 0.29) is 0 Å². The fourth-order valence-corrected chi connectivity index (χ4v) is 7.81. The molecule has 0 saturated heterocycles. The Morgan fingerprint density at radius 3 is 1.41 bits per heavy atom. The molecule has 0 aliphatic rings. The molecule has 1 heterocycles. The van der Waals surface area contributed by atoms with E-state index < -0.39 is 0 Å². The predicted molar refractivity (Wildman–Crippen MR) is 228 cm³/mol. The Labute approximate surface area is 314 Å². The van der Waals surface area contributed by atoms with Crippen LogP contribution in [0.4, 0.5) is 17.1 Å². The van der Waals surface area contributed by atoms with E-state index in [1.165, 1.54) is 44.2 Å². The van der Waals surface area contributed by atoms with Crippen molar-refractivity contribution in [2.45, 2.75) is 0 Å². The van der Waals surface area contributed by atoms with Crippen molar-refractivity contribution in [1.82, 2.24) is 0 Å². The number of rotatable bonds is 7. The van der Waals surface area contributed by atoms with Crippen molar-refractivity contribution in [2.75, 3.05) is 4.90 Å². The third-order valence-corrected chi connectivity index (χ3v) is 10.5. The van der Waals surface area contributed by atoms with Crippen molar-refractivity contribution in [2.24, 2.45) is 0 Å². The average Bonchev–Trinajstić information content (AvgIpc) is 3.63. The number of anilines is 3. The van der Waals surface area contributed by atoms with Gasteiger partial charge in [0, 0.05) is 27.8 Å². The van der Waals surface area contributed by atoms with E-state index in [0.29, 0.717) is 0 Å². The SMILES string of the molecule is c1ccc(-c2ccc(N(c3ccc(-c4ccc5c(c4)oc4cc(-c6ccccc6)c6ccccc6c45)cc3)c3cccc(-c4ccccc4)c3)cc2)cc1. The fourth-order valence-electron chi connectivity index (χ4n) is 7.81. The van der Waals surface area contributed by atoms with Crippen molar-refractivity contribution in [3.05, 3.63) is 212 Å². The summed E-state index contributed by atoms with van der Waals surface area (Å²) >= 11 is 0. The molecule has 0 aliphatic heterocycles.